The standard InChI is InChI=1S/2C17H15.CH2.2ClH.Zr/c2*1-12-10-13(2)17-15(11-12)8-9-16(17)14-6-4-3-5-7-14;;;;/h2*3-11H,1-2H3;1H2;2*1H;/q2*-1;;;;+2. The summed E-state index contributed by atoms with van der Waals surface area (Å²) in [6, 6.07) is 39.1. The van der Waals surface area contributed by atoms with Crippen molar-refractivity contribution in [2.24, 2.45) is 0 Å². The second-order valence-electron chi connectivity index (χ2n) is 9.32. The molecule has 0 aromatic heterocycles. The van der Waals surface area contributed by atoms with Crippen molar-refractivity contribution in [2.75, 3.05) is 0 Å². The first kappa shape index (κ1) is 31.6. The normalized spacial score (nSPS) is 9.95. The van der Waals surface area contributed by atoms with Crippen molar-refractivity contribution in [3.63, 3.8) is 0 Å². The second kappa shape index (κ2) is 14.5. The summed E-state index contributed by atoms with van der Waals surface area (Å²) in [5.74, 6) is 0. The van der Waals surface area contributed by atoms with Crippen LogP contribution in [-0.4, -0.2) is 4.21 Å². The van der Waals surface area contributed by atoms with Crippen LogP contribution in [0.4, 0.5) is 0 Å². The number of aryl methyl sites for hydroxylation is 4. The summed E-state index contributed by atoms with van der Waals surface area (Å²) in [6.45, 7) is 8.70. The molecule has 0 spiro atoms. The first-order valence-corrected chi connectivity index (χ1v) is 14.0. The molecule has 0 nitrogen and oxygen atoms in total. The van der Waals surface area contributed by atoms with Crippen molar-refractivity contribution in [2.45, 2.75) is 27.7 Å². The SMILES string of the molecule is Cc1cc(C)c2c(cc[c-]2-c2ccccc2)c1.Cc1cc(C)c2c(cc[c-]2-c2ccccc2)c1.Cl.Cl.[CH2]=[Zr+2]. The van der Waals surface area contributed by atoms with Crippen LogP contribution in [0.25, 0.3) is 43.8 Å². The molecule has 0 bridgehead atoms. The minimum absolute atomic E-state index is 0. The van der Waals surface area contributed by atoms with Crippen molar-refractivity contribution in [1.29, 1.82) is 0 Å². The van der Waals surface area contributed by atoms with Gasteiger partial charge in [0.25, 0.3) is 0 Å². The van der Waals surface area contributed by atoms with E-state index in [-0.39, 0.29) is 24.8 Å². The topological polar surface area (TPSA) is 0 Å². The van der Waals surface area contributed by atoms with E-state index in [1.54, 1.807) is 0 Å². The predicted molar refractivity (Wildman–Crippen MR) is 171 cm³/mol. The van der Waals surface area contributed by atoms with Gasteiger partial charge in [0.05, 0.1) is 0 Å². The average Bonchev–Trinajstić information content (AvgIpc) is 3.52. The van der Waals surface area contributed by atoms with E-state index in [0.29, 0.717) is 0 Å². The van der Waals surface area contributed by atoms with Crippen molar-refractivity contribution in [3.8, 4) is 22.3 Å². The number of hydrogen-bond acceptors (Lipinski definition) is 0. The molecule has 3 heteroatoms. The Morgan fingerprint density at radius 3 is 1.18 bits per heavy atom. The number of rotatable bonds is 2. The first-order chi connectivity index (χ1) is 17.5. The van der Waals surface area contributed by atoms with Crippen LogP contribution in [0, 0.1) is 27.7 Å². The third-order valence-electron chi connectivity index (χ3n) is 6.59. The van der Waals surface area contributed by atoms with Gasteiger partial charge in [-0.15, -0.1) is 84.5 Å². The van der Waals surface area contributed by atoms with Crippen molar-refractivity contribution < 1.29 is 24.2 Å². The van der Waals surface area contributed by atoms with Crippen LogP contribution in [0.2, 0.25) is 0 Å². The van der Waals surface area contributed by atoms with E-state index in [1.807, 2.05) is 0 Å². The van der Waals surface area contributed by atoms with E-state index in [1.165, 1.54) is 90.3 Å². The molecule has 0 amide bonds. The van der Waals surface area contributed by atoms with Gasteiger partial charge in [0, 0.05) is 0 Å². The Balaban J connectivity index is 0.000000239. The van der Waals surface area contributed by atoms with Gasteiger partial charge >= 0.3 is 28.4 Å². The molecule has 0 aliphatic carbocycles. The fourth-order valence-corrected chi connectivity index (χ4v) is 5.23. The fourth-order valence-electron chi connectivity index (χ4n) is 5.23. The molecular weight excluding hydrogens is 583 g/mol. The first-order valence-electron chi connectivity index (χ1n) is 12.3. The van der Waals surface area contributed by atoms with Gasteiger partial charge < -0.3 is 0 Å². The number of hydrogen-bond donors (Lipinski definition) is 0. The zero-order chi connectivity index (χ0) is 25.7. The van der Waals surface area contributed by atoms with Gasteiger partial charge in [0.15, 0.2) is 0 Å². The Morgan fingerprint density at radius 1 is 0.500 bits per heavy atom. The molecule has 0 saturated heterocycles. The molecule has 6 rings (SSSR count). The van der Waals surface area contributed by atoms with Gasteiger partial charge in [0.1, 0.15) is 0 Å². The van der Waals surface area contributed by atoms with E-state index in [2.05, 4.69) is 141 Å². The Kier molecular flexibility index (Phi) is 12.1. The summed E-state index contributed by atoms with van der Waals surface area (Å²) in [5.41, 5.74) is 10.7. The maximum atomic E-state index is 3.34. The molecule has 0 unspecified atom stereocenters. The summed E-state index contributed by atoms with van der Waals surface area (Å²) >= 11 is 1.30. The average molecular weight is 617 g/mol. The summed E-state index contributed by atoms with van der Waals surface area (Å²) in [7, 11) is 0. The Hall–Kier alpha value is -2.57. The van der Waals surface area contributed by atoms with Gasteiger partial charge in [-0.1, -0.05) is 129 Å². The number of halogens is 2. The van der Waals surface area contributed by atoms with Crippen LogP contribution < -0.4 is 0 Å². The molecule has 192 valence electrons. The molecule has 0 saturated carbocycles. The van der Waals surface area contributed by atoms with Crippen LogP contribution in [0.3, 0.4) is 0 Å². The molecule has 38 heavy (non-hydrogen) atoms. The third-order valence-corrected chi connectivity index (χ3v) is 6.59. The molecule has 0 atom stereocenters. The quantitative estimate of drug-likeness (QED) is 0.170. The van der Waals surface area contributed by atoms with Crippen molar-refractivity contribution in [3.05, 3.63) is 131 Å². The van der Waals surface area contributed by atoms with E-state index >= 15 is 0 Å². The zero-order valence-electron chi connectivity index (χ0n) is 22.4. The van der Waals surface area contributed by atoms with Gasteiger partial charge in [0.2, 0.25) is 0 Å². The Morgan fingerprint density at radius 2 is 0.842 bits per heavy atom. The van der Waals surface area contributed by atoms with E-state index < -0.39 is 0 Å². The summed E-state index contributed by atoms with van der Waals surface area (Å²) in [6.07, 6.45) is 0. The van der Waals surface area contributed by atoms with Gasteiger partial charge in [-0.2, -0.15) is 0 Å². The van der Waals surface area contributed by atoms with Crippen molar-refractivity contribution >= 4 is 50.6 Å². The summed E-state index contributed by atoms with van der Waals surface area (Å²) < 4.78 is 3.34. The molecule has 0 heterocycles. The van der Waals surface area contributed by atoms with Crippen LogP contribution in [0.1, 0.15) is 22.3 Å². The molecule has 6 aromatic rings. The third kappa shape index (κ3) is 6.89. The molecule has 0 fully saturated rings. The summed E-state index contributed by atoms with van der Waals surface area (Å²) in [5, 5.41) is 5.48. The second-order valence-corrected chi connectivity index (χ2v) is 9.32. The monoisotopic (exact) mass is 614 g/mol. The van der Waals surface area contributed by atoms with Crippen molar-refractivity contribution in [1.82, 2.24) is 0 Å². The Bertz CT molecular complexity index is 1470. The molecular formula is C35H34Cl2Zr. The molecule has 0 radical (unpaired) electrons. The van der Waals surface area contributed by atoms with Gasteiger partial charge in [-0.05, 0) is 13.8 Å². The van der Waals surface area contributed by atoms with E-state index in [0.717, 1.165) is 0 Å². The molecule has 6 aromatic carbocycles. The Labute approximate surface area is 254 Å². The minimum atomic E-state index is 0. The van der Waals surface area contributed by atoms with Crippen LogP contribution >= 0.6 is 24.8 Å². The zero-order valence-corrected chi connectivity index (χ0v) is 26.5. The van der Waals surface area contributed by atoms with E-state index in [4.69, 9.17) is 0 Å². The van der Waals surface area contributed by atoms with Gasteiger partial charge in [-0.25, -0.2) is 0 Å². The predicted octanol–water partition coefficient (Wildman–Crippen LogP) is 10.5. The van der Waals surface area contributed by atoms with Gasteiger partial charge in [-0.3, -0.25) is 0 Å². The number of benzene rings is 4. The van der Waals surface area contributed by atoms with E-state index in [9.17, 15) is 0 Å². The van der Waals surface area contributed by atoms with Crippen LogP contribution in [0.5, 0.6) is 0 Å². The van der Waals surface area contributed by atoms with Crippen LogP contribution in [-0.2, 0) is 24.2 Å². The molecule has 0 N–H and O–H groups in total. The maximum absolute atomic E-state index is 3.34. The summed E-state index contributed by atoms with van der Waals surface area (Å²) in [4.78, 5) is 0. The fraction of sp³-hybridized carbons (Fsp3) is 0.114. The molecule has 0 aliphatic heterocycles. The molecule has 0 aliphatic rings. The number of fused-ring (bicyclic) bond motifs is 2. The van der Waals surface area contributed by atoms with Crippen LogP contribution in [0.15, 0.2) is 109 Å².